The van der Waals surface area contributed by atoms with Gasteiger partial charge in [-0.1, -0.05) is 6.08 Å². The largest absolute Gasteiger partial charge is 0.481 e. The van der Waals surface area contributed by atoms with Crippen LogP contribution in [0.4, 0.5) is 0 Å². The maximum atomic E-state index is 4.91. The Labute approximate surface area is 65.3 Å². The molecule has 0 fully saturated rings. The van der Waals surface area contributed by atoms with Gasteiger partial charge in [0.15, 0.2) is 0 Å². The van der Waals surface area contributed by atoms with Crippen molar-refractivity contribution in [2.24, 2.45) is 9.98 Å². The SMILES string of the molecule is COC1=NC(OC)=NCC=C1. The van der Waals surface area contributed by atoms with Crippen LogP contribution in [0.15, 0.2) is 22.1 Å². The summed E-state index contributed by atoms with van der Waals surface area (Å²) in [6, 6.07) is 0.354. The maximum Gasteiger partial charge on any atom is 0.315 e. The number of amidine groups is 1. The first-order chi connectivity index (χ1) is 5.36. The van der Waals surface area contributed by atoms with Gasteiger partial charge < -0.3 is 9.47 Å². The van der Waals surface area contributed by atoms with Crippen LogP contribution in [-0.4, -0.2) is 32.7 Å². The predicted octanol–water partition coefficient (Wildman–Crippen LogP) is 0.603. The number of nitrogens with zero attached hydrogens (tertiary/aromatic N) is 2. The molecule has 0 atom stereocenters. The third-order valence-electron chi connectivity index (χ3n) is 1.19. The summed E-state index contributed by atoms with van der Waals surface area (Å²) < 4.78 is 9.75. The summed E-state index contributed by atoms with van der Waals surface area (Å²) in [5, 5.41) is 0. The zero-order valence-electron chi connectivity index (χ0n) is 6.57. The van der Waals surface area contributed by atoms with Gasteiger partial charge in [-0.15, -0.1) is 0 Å². The van der Waals surface area contributed by atoms with E-state index in [1.807, 2.05) is 6.08 Å². The molecule has 4 heteroatoms. The van der Waals surface area contributed by atoms with E-state index in [1.54, 1.807) is 13.2 Å². The molecule has 4 nitrogen and oxygen atoms in total. The molecule has 1 rings (SSSR count). The molecule has 1 heterocycles. The van der Waals surface area contributed by atoms with Crippen molar-refractivity contribution in [1.82, 2.24) is 0 Å². The molecule has 0 aromatic carbocycles. The quantitative estimate of drug-likeness (QED) is 0.513. The van der Waals surface area contributed by atoms with Gasteiger partial charge in [-0.2, -0.15) is 4.99 Å². The van der Waals surface area contributed by atoms with Crippen LogP contribution < -0.4 is 0 Å². The molecule has 0 aliphatic carbocycles. The number of hydrogen-bond donors (Lipinski definition) is 0. The van der Waals surface area contributed by atoms with E-state index < -0.39 is 0 Å². The fourth-order valence-corrected chi connectivity index (χ4v) is 0.675. The van der Waals surface area contributed by atoms with E-state index in [0.717, 1.165) is 0 Å². The summed E-state index contributed by atoms with van der Waals surface area (Å²) in [5.74, 6) is 0.517. The van der Waals surface area contributed by atoms with Crippen LogP contribution in [0, 0.1) is 0 Å². The van der Waals surface area contributed by atoms with Gasteiger partial charge in [0.05, 0.1) is 20.8 Å². The monoisotopic (exact) mass is 154 g/mol. The van der Waals surface area contributed by atoms with Crippen LogP contribution in [0.1, 0.15) is 0 Å². The van der Waals surface area contributed by atoms with Crippen molar-refractivity contribution in [2.45, 2.75) is 0 Å². The van der Waals surface area contributed by atoms with Crippen LogP contribution in [-0.2, 0) is 9.47 Å². The van der Waals surface area contributed by atoms with Crippen molar-refractivity contribution >= 4 is 11.9 Å². The number of rotatable bonds is 0. The number of methoxy groups -OCH3 is 2. The minimum absolute atomic E-state index is 0.354. The molecular weight excluding hydrogens is 144 g/mol. The lowest BCUT2D eigenvalue weighted by Crippen LogP contribution is -2.03. The highest BCUT2D eigenvalue weighted by atomic mass is 16.5. The lowest BCUT2D eigenvalue weighted by molar-refractivity contribution is 0.384. The van der Waals surface area contributed by atoms with E-state index in [9.17, 15) is 0 Å². The summed E-state index contributed by atoms with van der Waals surface area (Å²) >= 11 is 0. The first kappa shape index (κ1) is 7.78. The highest BCUT2D eigenvalue weighted by molar-refractivity contribution is 5.97. The topological polar surface area (TPSA) is 43.2 Å². The molecule has 0 unspecified atom stereocenters. The second-order valence-electron chi connectivity index (χ2n) is 1.88. The van der Waals surface area contributed by atoms with Crippen molar-refractivity contribution in [1.29, 1.82) is 0 Å². The molecule has 0 aromatic rings. The van der Waals surface area contributed by atoms with Crippen LogP contribution in [0.2, 0.25) is 0 Å². The molecule has 0 saturated heterocycles. The predicted molar refractivity (Wildman–Crippen MR) is 42.9 cm³/mol. The number of aliphatic imine (C=N–C) groups is 2. The molecule has 1 aliphatic rings. The molecule has 0 spiro atoms. The maximum absolute atomic E-state index is 4.91. The van der Waals surface area contributed by atoms with Crippen molar-refractivity contribution in [3.63, 3.8) is 0 Å². The smallest absolute Gasteiger partial charge is 0.315 e. The summed E-state index contributed by atoms with van der Waals surface area (Å²) in [4.78, 5) is 7.93. The molecule has 60 valence electrons. The molecule has 0 amide bonds. The third-order valence-corrected chi connectivity index (χ3v) is 1.19. The Morgan fingerprint density at radius 3 is 2.82 bits per heavy atom. The summed E-state index contributed by atoms with van der Waals surface area (Å²) in [7, 11) is 3.09. The van der Waals surface area contributed by atoms with E-state index in [0.29, 0.717) is 18.5 Å². The van der Waals surface area contributed by atoms with E-state index in [2.05, 4.69) is 9.98 Å². The minimum Gasteiger partial charge on any atom is -0.481 e. The Bertz CT molecular complexity index is 218. The molecular formula is C7H10N2O2. The first-order valence-electron chi connectivity index (χ1n) is 3.24. The van der Waals surface area contributed by atoms with Crippen LogP contribution >= 0.6 is 0 Å². The van der Waals surface area contributed by atoms with Crippen molar-refractivity contribution in [2.75, 3.05) is 20.8 Å². The minimum atomic E-state index is 0.354. The van der Waals surface area contributed by atoms with Crippen molar-refractivity contribution in [3.8, 4) is 0 Å². The third kappa shape index (κ3) is 2.07. The average molecular weight is 154 g/mol. The van der Waals surface area contributed by atoms with E-state index in [1.165, 1.54) is 7.11 Å². The second-order valence-corrected chi connectivity index (χ2v) is 1.88. The molecule has 0 aromatic heterocycles. The Balaban J connectivity index is 2.77. The zero-order chi connectivity index (χ0) is 8.10. The average Bonchev–Trinajstić information content (AvgIpc) is 2.28. The molecule has 1 aliphatic heterocycles. The Morgan fingerprint density at radius 1 is 1.36 bits per heavy atom. The summed E-state index contributed by atoms with van der Waals surface area (Å²) in [5.41, 5.74) is 0. The summed E-state index contributed by atoms with van der Waals surface area (Å²) in [6.07, 6.45) is 3.61. The van der Waals surface area contributed by atoms with Crippen LogP contribution in [0.5, 0.6) is 0 Å². The van der Waals surface area contributed by atoms with Crippen LogP contribution in [0.3, 0.4) is 0 Å². The Morgan fingerprint density at radius 2 is 2.18 bits per heavy atom. The van der Waals surface area contributed by atoms with Gasteiger partial charge in [0.25, 0.3) is 0 Å². The lowest BCUT2D eigenvalue weighted by Gasteiger charge is -1.98. The highest BCUT2D eigenvalue weighted by Gasteiger charge is 2.00. The van der Waals surface area contributed by atoms with Crippen molar-refractivity contribution < 1.29 is 9.47 Å². The zero-order valence-corrected chi connectivity index (χ0v) is 6.57. The lowest BCUT2D eigenvalue weighted by atomic mass is 10.5. The van der Waals surface area contributed by atoms with Gasteiger partial charge in [-0.05, 0) is 6.08 Å². The van der Waals surface area contributed by atoms with Gasteiger partial charge in [0.1, 0.15) is 0 Å². The molecule has 0 saturated carbocycles. The Kier molecular flexibility index (Phi) is 2.66. The standard InChI is InChI=1S/C7H10N2O2/c1-10-6-4-3-5-8-7(9-6)11-2/h3-4H,5H2,1-2H3. The van der Waals surface area contributed by atoms with Gasteiger partial charge in [0.2, 0.25) is 5.90 Å². The molecule has 0 radical (unpaired) electrons. The molecule has 0 bridgehead atoms. The summed E-state index contributed by atoms with van der Waals surface area (Å²) in [6.45, 7) is 0.583. The van der Waals surface area contributed by atoms with Gasteiger partial charge in [-0.3, -0.25) is 0 Å². The normalized spacial score (nSPS) is 16.5. The van der Waals surface area contributed by atoms with Gasteiger partial charge in [0, 0.05) is 0 Å². The van der Waals surface area contributed by atoms with E-state index in [-0.39, 0.29) is 0 Å². The highest BCUT2D eigenvalue weighted by Crippen LogP contribution is 1.94. The number of hydrogen-bond acceptors (Lipinski definition) is 4. The van der Waals surface area contributed by atoms with Gasteiger partial charge >= 0.3 is 6.02 Å². The first-order valence-corrected chi connectivity index (χ1v) is 3.24. The van der Waals surface area contributed by atoms with Crippen LogP contribution in [0.25, 0.3) is 0 Å². The molecule has 11 heavy (non-hydrogen) atoms. The molecule has 0 N–H and O–H groups in total. The van der Waals surface area contributed by atoms with Crippen molar-refractivity contribution in [3.05, 3.63) is 12.2 Å². The Hall–Kier alpha value is -1.32. The van der Waals surface area contributed by atoms with Gasteiger partial charge in [-0.25, -0.2) is 4.99 Å². The van der Waals surface area contributed by atoms with E-state index in [4.69, 9.17) is 9.47 Å². The van der Waals surface area contributed by atoms with E-state index >= 15 is 0 Å². The second kappa shape index (κ2) is 3.75. The number of ether oxygens (including phenoxy) is 2. The fraction of sp³-hybridized carbons (Fsp3) is 0.429. The fourth-order valence-electron chi connectivity index (χ4n) is 0.675.